The number of hydrogen-bond donors (Lipinski definition) is 2. The van der Waals surface area contributed by atoms with Crippen LogP contribution in [0.4, 0.5) is 0 Å². The molecule has 6 heteroatoms. The van der Waals surface area contributed by atoms with Gasteiger partial charge in [-0.2, -0.15) is 11.8 Å². The number of sulfonamides is 1. The summed E-state index contributed by atoms with van der Waals surface area (Å²) >= 11 is 1.79. The molecule has 0 aromatic heterocycles. The Morgan fingerprint density at radius 3 is 2.70 bits per heavy atom. The fourth-order valence-corrected chi connectivity index (χ4v) is 4.44. The number of nitrogens with one attached hydrogen (secondary N) is 1. The van der Waals surface area contributed by atoms with Crippen molar-refractivity contribution in [1.29, 1.82) is 0 Å². The monoisotopic (exact) mass is 310 g/mol. The molecule has 0 aliphatic carbocycles. The lowest BCUT2D eigenvalue weighted by Crippen LogP contribution is -2.38. The standard InChI is InChI=1S/C14H18N2O2S2/c15-9-1-3-12-5-7-14(8-6-12)20(17,18)16-13-4-2-10-19-11-13/h5-8,13,16H,2,4,9-11,15H2. The van der Waals surface area contributed by atoms with Gasteiger partial charge in [0, 0.05) is 17.4 Å². The number of rotatable bonds is 3. The highest BCUT2D eigenvalue weighted by Gasteiger charge is 2.21. The molecule has 1 aromatic rings. The van der Waals surface area contributed by atoms with Crippen molar-refractivity contribution in [1.82, 2.24) is 4.72 Å². The summed E-state index contributed by atoms with van der Waals surface area (Å²) in [7, 11) is -3.43. The Kier molecular flexibility index (Phi) is 5.49. The summed E-state index contributed by atoms with van der Waals surface area (Å²) < 4.78 is 27.3. The third kappa shape index (κ3) is 4.25. The second-order valence-electron chi connectivity index (χ2n) is 4.57. The van der Waals surface area contributed by atoms with E-state index in [0.717, 1.165) is 29.9 Å². The largest absolute Gasteiger partial charge is 0.320 e. The third-order valence-corrected chi connectivity index (χ3v) is 5.73. The lowest BCUT2D eigenvalue weighted by atomic mass is 10.2. The Hall–Kier alpha value is -1.00. The van der Waals surface area contributed by atoms with Crippen molar-refractivity contribution in [3.63, 3.8) is 0 Å². The van der Waals surface area contributed by atoms with Crippen LogP contribution in [0.15, 0.2) is 29.2 Å². The van der Waals surface area contributed by atoms with E-state index >= 15 is 0 Å². The fraction of sp³-hybridized carbons (Fsp3) is 0.429. The molecular weight excluding hydrogens is 292 g/mol. The lowest BCUT2D eigenvalue weighted by Gasteiger charge is -2.22. The third-order valence-electron chi connectivity index (χ3n) is 2.98. The highest BCUT2D eigenvalue weighted by atomic mass is 32.2. The minimum absolute atomic E-state index is 0.0375. The second kappa shape index (κ2) is 7.14. The average Bonchev–Trinajstić information content (AvgIpc) is 2.46. The Bertz CT molecular complexity index is 594. The molecule has 0 saturated carbocycles. The van der Waals surface area contributed by atoms with Crippen LogP contribution in [0.3, 0.4) is 0 Å². The maximum absolute atomic E-state index is 12.2. The summed E-state index contributed by atoms with van der Waals surface area (Å²) in [6, 6.07) is 6.60. The Morgan fingerprint density at radius 2 is 2.10 bits per heavy atom. The number of nitrogens with two attached hydrogens (primary N) is 1. The summed E-state index contributed by atoms with van der Waals surface area (Å²) in [6.45, 7) is 0.293. The van der Waals surface area contributed by atoms with Gasteiger partial charge in [0.15, 0.2) is 0 Å². The van der Waals surface area contributed by atoms with Gasteiger partial charge in [0.05, 0.1) is 11.4 Å². The molecule has 1 unspecified atom stereocenters. The van der Waals surface area contributed by atoms with Gasteiger partial charge in [-0.1, -0.05) is 11.8 Å². The minimum atomic E-state index is -3.43. The van der Waals surface area contributed by atoms with E-state index in [0.29, 0.717) is 6.54 Å². The van der Waals surface area contributed by atoms with Gasteiger partial charge < -0.3 is 5.73 Å². The molecule has 2 rings (SSSR count). The SMILES string of the molecule is NCC#Cc1ccc(S(=O)(=O)NC2CCCSC2)cc1. The zero-order chi connectivity index (χ0) is 14.4. The van der Waals surface area contributed by atoms with Crippen LogP contribution in [0.1, 0.15) is 18.4 Å². The van der Waals surface area contributed by atoms with E-state index in [1.54, 1.807) is 36.0 Å². The van der Waals surface area contributed by atoms with Crippen molar-refractivity contribution in [3.8, 4) is 11.8 Å². The van der Waals surface area contributed by atoms with Crippen LogP contribution < -0.4 is 10.5 Å². The lowest BCUT2D eigenvalue weighted by molar-refractivity contribution is 0.543. The molecular formula is C14H18N2O2S2. The van der Waals surface area contributed by atoms with Crippen molar-refractivity contribution >= 4 is 21.8 Å². The Morgan fingerprint density at radius 1 is 1.35 bits per heavy atom. The molecule has 0 spiro atoms. The predicted molar refractivity (Wildman–Crippen MR) is 83.0 cm³/mol. The molecule has 1 atom stereocenters. The van der Waals surface area contributed by atoms with Gasteiger partial charge in [-0.05, 0) is 42.9 Å². The van der Waals surface area contributed by atoms with E-state index in [1.807, 2.05) is 0 Å². The predicted octanol–water partition coefficient (Wildman–Crippen LogP) is 1.17. The maximum atomic E-state index is 12.2. The molecule has 1 aliphatic rings. The molecule has 1 fully saturated rings. The van der Waals surface area contributed by atoms with Crippen LogP contribution >= 0.6 is 11.8 Å². The first-order chi connectivity index (χ1) is 9.62. The summed E-state index contributed by atoms with van der Waals surface area (Å²) in [4.78, 5) is 0.284. The maximum Gasteiger partial charge on any atom is 0.240 e. The second-order valence-corrected chi connectivity index (χ2v) is 7.43. The Balaban J connectivity index is 2.08. The van der Waals surface area contributed by atoms with Crippen LogP contribution in [0, 0.1) is 11.8 Å². The zero-order valence-corrected chi connectivity index (χ0v) is 12.8. The van der Waals surface area contributed by atoms with E-state index in [-0.39, 0.29) is 10.9 Å². The normalized spacial score (nSPS) is 19.1. The average molecular weight is 310 g/mol. The molecule has 4 nitrogen and oxygen atoms in total. The number of benzene rings is 1. The zero-order valence-electron chi connectivity index (χ0n) is 11.1. The van der Waals surface area contributed by atoms with Crippen LogP contribution in [0.25, 0.3) is 0 Å². The number of thioether (sulfide) groups is 1. The molecule has 1 heterocycles. The van der Waals surface area contributed by atoms with E-state index in [2.05, 4.69) is 16.6 Å². The molecule has 1 aromatic carbocycles. The minimum Gasteiger partial charge on any atom is -0.320 e. The Labute approximate surface area is 124 Å². The van der Waals surface area contributed by atoms with E-state index < -0.39 is 10.0 Å². The molecule has 20 heavy (non-hydrogen) atoms. The summed E-state index contributed by atoms with van der Waals surface area (Å²) in [5.74, 6) is 7.57. The van der Waals surface area contributed by atoms with Gasteiger partial charge in [-0.15, -0.1) is 0 Å². The molecule has 1 saturated heterocycles. The van der Waals surface area contributed by atoms with Crippen molar-refractivity contribution in [2.24, 2.45) is 5.73 Å². The first-order valence-electron chi connectivity index (χ1n) is 6.51. The quantitative estimate of drug-likeness (QED) is 0.822. The van der Waals surface area contributed by atoms with E-state index in [9.17, 15) is 8.42 Å². The molecule has 1 aliphatic heterocycles. The van der Waals surface area contributed by atoms with Crippen LogP contribution in [-0.2, 0) is 10.0 Å². The fourth-order valence-electron chi connectivity index (χ4n) is 1.99. The van der Waals surface area contributed by atoms with Crippen LogP contribution in [0.2, 0.25) is 0 Å². The number of hydrogen-bond acceptors (Lipinski definition) is 4. The van der Waals surface area contributed by atoms with E-state index in [1.165, 1.54) is 0 Å². The molecule has 3 N–H and O–H groups in total. The van der Waals surface area contributed by atoms with Gasteiger partial charge in [0.2, 0.25) is 10.0 Å². The molecule has 108 valence electrons. The van der Waals surface area contributed by atoms with Crippen LogP contribution in [-0.4, -0.2) is 32.5 Å². The van der Waals surface area contributed by atoms with Gasteiger partial charge in [-0.3, -0.25) is 0 Å². The first-order valence-corrected chi connectivity index (χ1v) is 9.15. The smallest absolute Gasteiger partial charge is 0.240 e. The molecule has 0 bridgehead atoms. The summed E-state index contributed by atoms with van der Waals surface area (Å²) in [6.07, 6.45) is 1.97. The van der Waals surface area contributed by atoms with Crippen molar-refractivity contribution in [2.45, 2.75) is 23.8 Å². The van der Waals surface area contributed by atoms with Crippen molar-refractivity contribution in [2.75, 3.05) is 18.1 Å². The van der Waals surface area contributed by atoms with Crippen molar-refractivity contribution < 1.29 is 8.42 Å². The van der Waals surface area contributed by atoms with Gasteiger partial charge in [-0.25, -0.2) is 13.1 Å². The highest BCUT2D eigenvalue weighted by molar-refractivity contribution is 7.99. The van der Waals surface area contributed by atoms with Crippen LogP contribution in [0.5, 0.6) is 0 Å². The van der Waals surface area contributed by atoms with Gasteiger partial charge in [0.1, 0.15) is 0 Å². The highest BCUT2D eigenvalue weighted by Crippen LogP contribution is 2.19. The molecule has 0 radical (unpaired) electrons. The van der Waals surface area contributed by atoms with Gasteiger partial charge >= 0.3 is 0 Å². The topological polar surface area (TPSA) is 72.2 Å². The van der Waals surface area contributed by atoms with Gasteiger partial charge in [0.25, 0.3) is 0 Å². The summed E-state index contributed by atoms with van der Waals surface area (Å²) in [5.41, 5.74) is 6.06. The van der Waals surface area contributed by atoms with E-state index in [4.69, 9.17) is 5.73 Å². The first kappa shape index (κ1) is 15.4. The summed E-state index contributed by atoms with van der Waals surface area (Å²) in [5, 5.41) is 0. The van der Waals surface area contributed by atoms with Crippen molar-refractivity contribution in [3.05, 3.63) is 29.8 Å². The molecule has 0 amide bonds.